The van der Waals surface area contributed by atoms with Crippen LogP contribution in [0.5, 0.6) is 0 Å². The number of fused-ring (bicyclic) bond motifs is 1. The van der Waals surface area contributed by atoms with Crippen LogP contribution in [0.25, 0.3) is 10.9 Å². The van der Waals surface area contributed by atoms with Crippen molar-refractivity contribution in [3.05, 3.63) is 71.4 Å². The first kappa shape index (κ1) is 17.0. The lowest BCUT2D eigenvalue weighted by Gasteiger charge is -2.28. The van der Waals surface area contributed by atoms with Gasteiger partial charge >= 0.3 is 5.97 Å². The van der Waals surface area contributed by atoms with E-state index in [9.17, 15) is 9.90 Å². The molecule has 1 aromatic heterocycles. The Balaban J connectivity index is 2.17. The van der Waals surface area contributed by atoms with Gasteiger partial charge in [0.2, 0.25) is 0 Å². The lowest BCUT2D eigenvalue weighted by atomic mass is 10.0. The summed E-state index contributed by atoms with van der Waals surface area (Å²) in [7, 11) is 0. The molecule has 0 bridgehead atoms. The summed E-state index contributed by atoms with van der Waals surface area (Å²) in [6, 6.07) is 18.2. The third-order valence-electron chi connectivity index (χ3n) is 4.41. The summed E-state index contributed by atoms with van der Waals surface area (Å²) in [6.07, 6.45) is -0.0235. The monoisotopic (exact) mass is 334 g/mol. The van der Waals surface area contributed by atoms with Crippen LogP contribution in [0.2, 0.25) is 0 Å². The van der Waals surface area contributed by atoms with Crippen LogP contribution in [-0.2, 0) is 17.8 Å². The van der Waals surface area contributed by atoms with Crippen LogP contribution in [0.1, 0.15) is 23.7 Å². The number of hydrogen-bond acceptors (Lipinski definition) is 3. The Hall–Kier alpha value is -2.88. The number of rotatable bonds is 6. The number of carboxylic acid groups (broad SMARTS) is 1. The number of para-hydroxylation sites is 1. The molecular formula is C21H22N2O2. The summed E-state index contributed by atoms with van der Waals surface area (Å²) in [5, 5.41) is 10.4. The molecule has 4 heteroatoms. The van der Waals surface area contributed by atoms with Crippen LogP contribution in [0.15, 0.2) is 54.6 Å². The minimum atomic E-state index is -0.836. The second kappa shape index (κ2) is 7.34. The van der Waals surface area contributed by atoms with Gasteiger partial charge in [0, 0.05) is 29.7 Å². The second-order valence-corrected chi connectivity index (χ2v) is 6.11. The highest BCUT2D eigenvalue weighted by atomic mass is 16.4. The molecule has 0 aliphatic heterocycles. The van der Waals surface area contributed by atoms with Gasteiger partial charge in [-0.15, -0.1) is 0 Å². The topological polar surface area (TPSA) is 53.4 Å². The van der Waals surface area contributed by atoms with Gasteiger partial charge in [0.15, 0.2) is 0 Å². The number of hydrogen-bond donors (Lipinski definition) is 1. The highest BCUT2D eigenvalue weighted by molar-refractivity contribution is 5.95. The molecule has 4 nitrogen and oxygen atoms in total. The predicted molar refractivity (Wildman–Crippen MR) is 101 cm³/mol. The van der Waals surface area contributed by atoms with Crippen molar-refractivity contribution >= 4 is 22.6 Å². The molecule has 3 aromatic rings. The molecule has 25 heavy (non-hydrogen) atoms. The van der Waals surface area contributed by atoms with Crippen LogP contribution in [0, 0.1) is 6.92 Å². The molecule has 0 unspecified atom stereocenters. The van der Waals surface area contributed by atoms with E-state index < -0.39 is 5.97 Å². The smallest absolute Gasteiger partial charge is 0.307 e. The van der Waals surface area contributed by atoms with Gasteiger partial charge in [-0.05, 0) is 25.5 Å². The average Bonchev–Trinajstić information content (AvgIpc) is 2.61. The normalized spacial score (nSPS) is 10.8. The molecule has 0 saturated carbocycles. The zero-order valence-electron chi connectivity index (χ0n) is 14.6. The molecule has 0 saturated heterocycles. The Labute approximate surface area is 147 Å². The number of aryl methyl sites for hydroxylation is 1. The maximum absolute atomic E-state index is 11.4. The zero-order chi connectivity index (χ0) is 17.8. The summed E-state index contributed by atoms with van der Waals surface area (Å²) in [6.45, 7) is 5.51. The Morgan fingerprint density at radius 2 is 1.76 bits per heavy atom. The molecule has 0 radical (unpaired) electrons. The Morgan fingerprint density at radius 1 is 1.08 bits per heavy atom. The fourth-order valence-electron chi connectivity index (χ4n) is 3.23. The van der Waals surface area contributed by atoms with E-state index >= 15 is 0 Å². The van der Waals surface area contributed by atoms with Crippen molar-refractivity contribution in [1.29, 1.82) is 0 Å². The number of benzene rings is 2. The lowest BCUT2D eigenvalue weighted by molar-refractivity contribution is -0.136. The van der Waals surface area contributed by atoms with E-state index in [1.807, 2.05) is 49.4 Å². The molecule has 0 atom stereocenters. The fraction of sp³-hybridized carbons (Fsp3) is 0.238. The Morgan fingerprint density at radius 3 is 2.44 bits per heavy atom. The number of pyridine rings is 1. The van der Waals surface area contributed by atoms with Gasteiger partial charge in [0.25, 0.3) is 0 Å². The molecule has 0 amide bonds. The number of nitrogens with zero attached hydrogens (tertiary/aromatic N) is 2. The summed E-state index contributed by atoms with van der Waals surface area (Å²) in [5.41, 5.74) is 4.66. The van der Waals surface area contributed by atoms with Crippen molar-refractivity contribution in [1.82, 2.24) is 4.98 Å². The molecule has 0 aliphatic rings. The first-order valence-electron chi connectivity index (χ1n) is 8.49. The minimum absolute atomic E-state index is 0.0235. The molecule has 0 fully saturated rings. The molecule has 0 spiro atoms. The van der Waals surface area contributed by atoms with Crippen molar-refractivity contribution < 1.29 is 9.90 Å². The minimum Gasteiger partial charge on any atom is -0.481 e. The zero-order valence-corrected chi connectivity index (χ0v) is 14.6. The lowest BCUT2D eigenvalue weighted by Crippen LogP contribution is -2.25. The van der Waals surface area contributed by atoms with E-state index in [4.69, 9.17) is 0 Å². The molecule has 128 valence electrons. The number of aromatic nitrogens is 1. The van der Waals surface area contributed by atoms with Gasteiger partial charge in [-0.3, -0.25) is 9.78 Å². The SMILES string of the molecule is CCN(Cc1ccccc1)c1c(CC(=O)O)c(C)nc2ccccc12. The highest BCUT2D eigenvalue weighted by Gasteiger charge is 2.19. The van der Waals surface area contributed by atoms with Gasteiger partial charge in [-0.25, -0.2) is 0 Å². The Bertz CT molecular complexity index is 891. The molecule has 1 N–H and O–H groups in total. The maximum atomic E-state index is 11.4. The molecule has 1 heterocycles. The van der Waals surface area contributed by atoms with E-state index in [2.05, 4.69) is 28.9 Å². The van der Waals surface area contributed by atoms with Gasteiger partial charge in [-0.2, -0.15) is 0 Å². The van der Waals surface area contributed by atoms with E-state index in [1.54, 1.807) is 0 Å². The third-order valence-corrected chi connectivity index (χ3v) is 4.41. The molecule has 2 aromatic carbocycles. The van der Waals surface area contributed by atoms with Crippen LogP contribution in [0.4, 0.5) is 5.69 Å². The maximum Gasteiger partial charge on any atom is 0.307 e. The van der Waals surface area contributed by atoms with Crippen LogP contribution in [0.3, 0.4) is 0 Å². The third kappa shape index (κ3) is 3.63. The molecule has 0 aliphatic carbocycles. The first-order valence-corrected chi connectivity index (χ1v) is 8.49. The van der Waals surface area contributed by atoms with E-state index in [1.165, 1.54) is 5.56 Å². The van der Waals surface area contributed by atoms with Gasteiger partial charge in [-0.1, -0.05) is 48.5 Å². The van der Waals surface area contributed by atoms with Crippen molar-refractivity contribution in [3.63, 3.8) is 0 Å². The number of anilines is 1. The van der Waals surface area contributed by atoms with Crippen LogP contribution < -0.4 is 4.90 Å². The van der Waals surface area contributed by atoms with Crippen molar-refractivity contribution in [2.24, 2.45) is 0 Å². The number of aliphatic carboxylic acids is 1. The highest BCUT2D eigenvalue weighted by Crippen LogP contribution is 2.33. The Kier molecular flexibility index (Phi) is 4.98. The van der Waals surface area contributed by atoms with Crippen LogP contribution in [-0.4, -0.2) is 22.6 Å². The fourth-order valence-corrected chi connectivity index (χ4v) is 3.23. The molecular weight excluding hydrogens is 312 g/mol. The van der Waals surface area contributed by atoms with Gasteiger partial charge in [0.05, 0.1) is 17.6 Å². The van der Waals surface area contributed by atoms with Gasteiger partial charge in [0.1, 0.15) is 0 Å². The second-order valence-electron chi connectivity index (χ2n) is 6.11. The summed E-state index contributed by atoms with van der Waals surface area (Å²) < 4.78 is 0. The van der Waals surface area contributed by atoms with Crippen molar-refractivity contribution in [2.75, 3.05) is 11.4 Å². The van der Waals surface area contributed by atoms with Crippen molar-refractivity contribution in [2.45, 2.75) is 26.8 Å². The largest absolute Gasteiger partial charge is 0.481 e. The summed E-state index contributed by atoms with van der Waals surface area (Å²) in [4.78, 5) is 18.3. The number of carbonyl (C=O) groups is 1. The van der Waals surface area contributed by atoms with Gasteiger partial charge < -0.3 is 10.0 Å². The standard InChI is InChI=1S/C21H22N2O2/c1-3-23(14-16-9-5-4-6-10-16)21-17-11-7-8-12-19(17)22-15(2)18(21)13-20(24)25/h4-12H,3,13-14H2,1-2H3,(H,24,25). The quantitative estimate of drug-likeness (QED) is 0.734. The van der Waals surface area contributed by atoms with E-state index in [0.29, 0.717) is 0 Å². The summed E-state index contributed by atoms with van der Waals surface area (Å²) >= 11 is 0. The van der Waals surface area contributed by atoms with Crippen LogP contribution >= 0.6 is 0 Å². The van der Waals surface area contributed by atoms with Crippen molar-refractivity contribution in [3.8, 4) is 0 Å². The predicted octanol–water partition coefficient (Wildman–Crippen LogP) is 4.20. The average molecular weight is 334 g/mol. The van der Waals surface area contributed by atoms with E-state index in [0.717, 1.165) is 40.9 Å². The summed E-state index contributed by atoms with van der Waals surface area (Å²) in [5.74, 6) is -0.836. The first-order chi connectivity index (χ1) is 12.1. The molecule has 3 rings (SSSR count). The number of carboxylic acids is 1. The van der Waals surface area contributed by atoms with E-state index in [-0.39, 0.29) is 6.42 Å².